The van der Waals surface area contributed by atoms with Crippen LogP contribution in [0, 0.1) is 11.7 Å². The number of halogens is 1. The lowest BCUT2D eigenvalue weighted by Gasteiger charge is -2.22. The smallest absolute Gasteiger partial charge is 0.324 e. The van der Waals surface area contributed by atoms with Crippen molar-refractivity contribution >= 4 is 27.7 Å². The lowest BCUT2D eigenvalue weighted by atomic mass is 9.99. The molecule has 1 saturated carbocycles. The van der Waals surface area contributed by atoms with Crippen molar-refractivity contribution in [2.75, 3.05) is 45.3 Å². The van der Waals surface area contributed by atoms with E-state index in [0.717, 1.165) is 12.8 Å². The number of ether oxygens (including phenoxy) is 1. The van der Waals surface area contributed by atoms with Crippen LogP contribution in [0.3, 0.4) is 0 Å². The van der Waals surface area contributed by atoms with Crippen molar-refractivity contribution in [1.29, 1.82) is 0 Å². The number of carbonyl (C=O) groups is 3. The van der Waals surface area contributed by atoms with Crippen molar-refractivity contribution in [3.63, 3.8) is 0 Å². The highest BCUT2D eigenvalue weighted by Crippen LogP contribution is 2.32. The van der Waals surface area contributed by atoms with Crippen LogP contribution in [0.2, 0.25) is 0 Å². The second kappa shape index (κ2) is 11.2. The first kappa shape index (κ1) is 25.9. The molecule has 0 radical (unpaired) electrons. The van der Waals surface area contributed by atoms with Gasteiger partial charge in [0.2, 0.25) is 11.8 Å². The number of hydrogen-bond donors (Lipinski definition) is 1. The zero-order valence-electron chi connectivity index (χ0n) is 19.6. The van der Waals surface area contributed by atoms with Crippen LogP contribution in [0.1, 0.15) is 43.6 Å². The summed E-state index contributed by atoms with van der Waals surface area (Å²) in [7, 11) is -0.493. The number of nitrogens with one attached hydrogen (secondary N) is 1. The molecular weight excluding hydrogens is 465 g/mol. The fourth-order valence-electron chi connectivity index (χ4n) is 3.76. The molecule has 1 aliphatic heterocycles. The average molecular weight is 498 g/mol. The summed E-state index contributed by atoms with van der Waals surface area (Å²) in [6, 6.07) is 3.65. The maximum atomic E-state index is 14.2. The van der Waals surface area contributed by atoms with E-state index in [2.05, 4.69) is 5.32 Å². The highest BCUT2D eigenvalue weighted by molar-refractivity contribution is 7.91. The molecule has 0 unspecified atom stereocenters. The molecule has 1 aromatic carbocycles. The molecule has 1 aromatic rings. The standard InChI is InChI=1S/C23H32FN3O6S/c1-26(2)22(29)18(17-8-9-19(24)20(12-17)33-14-16-6-7-16)15-34(31,32)11-5-3-4-10-27-13-21(28)25-23(27)30/h8-9,12,16,18H,3-7,10-11,13-15H2,1-2H3,(H,25,28,30)/t18-/m0/s1. The van der Waals surface area contributed by atoms with Crippen LogP contribution in [0.25, 0.3) is 0 Å². The summed E-state index contributed by atoms with van der Waals surface area (Å²) in [5.41, 5.74) is 0.402. The van der Waals surface area contributed by atoms with Gasteiger partial charge in [-0.3, -0.25) is 14.9 Å². The molecule has 1 N–H and O–H groups in total. The van der Waals surface area contributed by atoms with E-state index >= 15 is 0 Å². The number of amides is 4. The fourth-order valence-corrected chi connectivity index (χ4v) is 5.42. The van der Waals surface area contributed by atoms with Crippen molar-refractivity contribution in [2.45, 2.75) is 38.0 Å². The molecule has 9 nitrogen and oxygen atoms in total. The van der Waals surface area contributed by atoms with E-state index in [1.54, 1.807) is 14.1 Å². The van der Waals surface area contributed by atoms with Crippen LogP contribution >= 0.6 is 0 Å². The third-order valence-corrected chi connectivity index (χ3v) is 7.69. The summed E-state index contributed by atoms with van der Waals surface area (Å²) < 4.78 is 45.5. The Bertz CT molecular complexity index is 1030. The summed E-state index contributed by atoms with van der Waals surface area (Å²) >= 11 is 0. The third-order valence-electron chi connectivity index (χ3n) is 5.94. The maximum Gasteiger partial charge on any atom is 0.324 e. The molecule has 1 aliphatic carbocycles. The molecule has 4 amide bonds. The predicted molar refractivity (Wildman–Crippen MR) is 124 cm³/mol. The van der Waals surface area contributed by atoms with Crippen LogP contribution in [0.5, 0.6) is 5.75 Å². The maximum absolute atomic E-state index is 14.2. The Morgan fingerprint density at radius 1 is 1.24 bits per heavy atom. The molecule has 1 atom stereocenters. The predicted octanol–water partition coefficient (Wildman–Crippen LogP) is 1.92. The van der Waals surface area contributed by atoms with Crippen molar-refractivity contribution in [2.24, 2.45) is 5.92 Å². The SMILES string of the molecule is CN(C)C(=O)[C@@H](CS(=O)(=O)CCCCCN1CC(=O)NC1=O)c1ccc(F)c(OCC2CC2)c1. The highest BCUT2D eigenvalue weighted by atomic mass is 32.2. The summed E-state index contributed by atoms with van der Waals surface area (Å²) in [4.78, 5) is 38.3. The first-order valence-electron chi connectivity index (χ1n) is 11.5. The van der Waals surface area contributed by atoms with E-state index in [0.29, 0.717) is 43.9 Å². The Hall–Kier alpha value is -2.69. The highest BCUT2D eigenvalue weighted by Gasteiger charge is 2.30. The molecule has 34 heavy (non-hydrogen) atoms. The summed E-state index contributed by atoms with van der Waals surface area (Å²) in [6.07, 6.45) is 3.58. The van der Waals surface area contributed by atoms with E-state index in [9.17, 15) is 27.2 Å². The van der Waals surface area contributed by atoms with Crippen LogP contribution in [-0.2, 0) is 19.4 Å². The number of nitrogens with zero attached hydrogens (tertiary/aromatic N) is 2. The van der Waals surface area contributed by atoms with Gasteiger partial charge in [0.05, 0.1) is 24.0 Å². The minimum atomic E-state index is -3.59. The number of imide groups is 1. The number of rotatable bonds is 13. The van der Waals surface area contributed by atoms with Gasteiger partial charge in [-0.1, -0.05) is 12.5 Å². The van der Waals surface area contributed by atoms with Gasteiger partial charge in [-0.05, 0) is 49.3 Å². The molecule has 0 bridgehead atoms. The lowest BCUT2D eigenvalue weighted by molar-refractivity contribution is -0.129. The Kier molecular flexibility index (Phi) is 8.51. The largest absolute Gasteiger partial charge is 0.490 e. The molecule has 1 saturated heterocycles. The number of likely N-dealkylation sites (N-methyl/N-ethyl adjacent to an activating group) is 1. The molecule has 188 valence electrons. The number of urea groups is 1. The minimum Gasteiger partial charge on any atom is -0.490 e. The number of hydrogen-bond acceptors (Lipinski definition) is 6. The van der Waals surface area contributed by atoms with E-state index in [1.807, 2.05) is 0 Å². The van der Waals surface area contributed by atoms with E-state index in [-0.39, 0.29) is 35.6 Å². The number of benzene rings is 1. The van der Waals surface area contributed by atoms with Gasteiger partial charge < -0.3 is 14.5 Å². The van der Waals surface area contributed by atoms with E-state index in [4.69, 9.17) is 4.74 Å². The third kappa shape index (κ3) is 7.41. The first-order chi connectivity index (χ1) is 16.1. The van der Waals surface area contributed by atoms with Crippen LogP contribution in [-0.4, -0.2) is 81.4 Å². The summed E-state index contributed by atoms with van der Waals surface area (Å²) in [5, 5.41) is 2.20. The van der Waals surface area contributed by atoms with Crippen LogP contribution in [0.15, 0.2) is 18.2 Å². The van der Waals surface area contributed by atoms with Crippen LogP contribution < -0.4 is 10.1 Å². The van der Waals surface area contributed by atoms with Gasteiger partial charge in [-0.25, -0.2) is 17.6 Å². The van der Waals surface area contributed by atoms with Gasteiger partial charge in [0.25, 0.3) is 0 Å². The van der Waals surface area contributed by atoms with Gasteiger partial charge >= 0.3 is 6.03 Å². The van der Waals surface area contributed by atoms with Crippen molar-refractivity contribution < 1.29 is 31.9 Å². The van der Waals surface area contributed by atoms with Crippen LogP contribution in [0.4, 0.5) is 9.18 Å². The molecule has 1 heterocycles. The molecule has 0 spiro atoms. The normalized spacial score (nSPS) is 17.0. The Balaban J connectivity index is 1.58. The summed E-state index contributed by atoms with van der Waals surface area (Å²) in [5.74, 6) is -2.28. The average Bonchev–Trinajstić information content (AvgIpc) is 3.54. The number of carbonyl (C=O) groups excluding carboxylic acids is 3. The zero-order chi connectivity index (χ0) is 24.9. The minimum absolute atomic E-state index is 0.0233. The second-order valence-electron chi connectivity index (χ2n) is 9.18. The van der Waals surface area contributed by atoms with Gasteiger partial charge in [-0.2, -0.15) is 0 Å². The lowest BCUT2D eigenvalue weighted by Crippen LogP contribution is -2.33. The number of unbranched alkanes of at least 4 members (excludes halogenated alkanes) is 2. The van der Waals surface area contributed by atoms with Gasteiger partial charge in [0.15, 0.2) is 21.4 Å². The van der Waals surface area contributed by atoms with Gasteiger partial charge in [-0.15, -0.1) is 0 Å². The quantitative estimate of drug-likeness (QED) is 0.329. The summed E-state index contributed by atoms with van der Waals surface area (Å²) in [6.45, 7) is 0.798. The second-order valence-corrected chi connectivity index (χ2v) is 11.4. The molecule has 11 heteroatoms. The topological polar surface area (TPSA) is 113 Å². The van der Waals surface area contributed by atoms with Gasteiger partial charge in [0, 0.05) is 20.6 Å². The zero-order valence-corrected chi connectivity index (χ0v) is 20.4. The van der Waals surface area contributed by atoms with Crippen molar-refractivity contribution in [1.82, 2.24) is 15.1 Å². The molecule has 3 rings (SSSR count). The molecule has 2 fully saturated rings. The van der Waals surface area contributed by atoms with Gasteiger partial charge in [0.1, 0.15) is 6.54 Å². The first-order valence-corrected chi connectivity index (χ1v) is 13.3. The Labute approximate surface area is 199 Å². The van der Waals surface area contributed by atoms with E-state index < -0.39 is 27.6 Å². The molecular formula is C23H32FN3O6S. The Morgan fingerprint density at radius 3 is 2.59 bits per heavy atom. The van der Waals surface area contributed by atoms with E-state index in [1.165, 1.54) is 28.0 Å². The monoisotopic (exact) mass is 497 g/mol. The molecule has 0 aromatic heterocycles. The van der Waals surface area contributed by atoms with Crippen molar-refractivity contribution in [3.8, 4) is 5.75 Å². The molecule has 2 aliphatic rings. The Morgan fingerprint density at radius 2 is 1.97 bits per heavy atom. The van der Waals surface area contributed by atoms with Crippen molar-refractivity contribution in [3.05, 3.63) is 29.6 Å². The fraction of sp³-hybridized carbons (Fsp3) is 0.609. The number of sulfone groups is 1.